The maximum Gasteiger partial charge on any atom is 0.230 e. The fourth-order valence-corrected chi connectivity index (χ4v) is 4.35. The Labute approximate surface area is 181 Å². The lowest BCUT2D eigenvalue weighted by Gasteiger charge is -2.21. The summed E-state index contributed by atoms with van der Waals surface area (Å²) < 4.78 is 2.18. The summed E-state index contributed by atoms with van der Waals surface area (Å²) in [5, 5.41) is 12.8. The van der Waals surface area contributed by atoms with Gasteiger partial charge >= 0.3 is 0 Å². The van der Waals surface area contributed by atoms with E-state index in [1.54, 1.807) is 12.4 Å². The Balaban J connectivity index is 1.44. The third-order valence-electron chi connectivity index (χ3n) is 5.09. The van der Waals surface area contributed by atoms with Gasteiger partial charge in [-0.25, -0.2) is 0 Å². The topological polar surface area (TPSA) is 72.7 Å². The van der Waals surface area contributed by atoms with E-state index in [9.17, 15) is 4.79 Å². The van der Waals surface area contributed by atoms with Crippen molar-refractivity contribution in [2.75, 3.05) is 5.75 Å². The van der Waals surface area contributed by atoms with Crippen LogP contribution in [0, 0.1) is 5.92 Å². The molecule has 1 aliphatic carbocycles. The van der Waals surface area contributed by atoms with Crippen LogP contribution >= 0.6 is 11.8 Å². The zero-order valence-corrected chi connectivity index (χ0v) is 18.2. The van der Waals surface area contributed by atoms with E-state index < -0.39 is 0 Å². The summed E-state index contributed by atoms with van der Waals surface area (Å²) in [6.45, 7) is 4.35. The average molecular weight is 422 g/mol. The number of pyridine rings is 1. The summed E-state index contributed by atoms with van der Waals surface area (Å²) in [6, 6.07) is 14.5. The van der Waals surface area contributed by atoms with Crippen LogP contribution in [-0.2, 0) is 4.79 Å². The lowest BCUT2D eigenvalue weighted by Crippen LogP contribution is -2.31. The van der Waals surface area contributed by atoms with Gasteiger partial charge in [0.1, 0.15) is 0 Å². The molecule has 2 heterocycles. The number of nitrogens with one attached hydrogen (secondary N) is 1. The van der Waals surface area contributed by atoms with E-state index in [-0.39, 0.29) is 11.9 Å². The van der Waals surface area contributed by atoms with E-state index in [1.165, 1.54) is 11.8 Å². The number of benzene rings is 1. The van der Waals surface area contributed by atoms with E-state index in [2.05, 4.69) is 51.0 Å². The maximum atomic E-state index is 12.8. The Kier molecular flexibility index (Phi) is 6.47. The van der Waals surface area contributed by atoms with Crippen molar-refractivity contribution in [3.8, 4) is 11.4 Å². The molecule has 30 heavy (non-hydrogen) atoms. The van der Waals surface area contributed by atoms with Crippen molar-refractivity contribution in [1.82, 2.24) is 25.1 Å². The van der Waals surface area contributed by atoms with Gasteiger partial charge in [-0.05, 0) is 42.9 Å². The number of amides is 1. The highest BCUT2D eigenvalue weighted by Crippen LogP contribution is 2.41. The number of thioether (sulfide) groups is 1. The first-order valence-electron chi connectivity index (χ1n) is 10.4. The van der Waals surface area contributed by atoms with Crippen LogP contribution in [0.2, 0.25) is 0 Å². The highest BCUT2D eigenvalue weighted by molar-refractivity contribution is 7.99. The van der Waals surface area contributed by atoms with Gasteiger partial charge < -0.3 is 5.32 Å². The summed E-state index contributed by atoms with van der Waals surface area (Å²) >= 11 is 1.46. The molecule has 0 spiro atoms. The van der Waals surface area contributed by atoms with E-state index in [0.29, 0.717) is 17.7 Å². The number of hydrogen-bond donors (Lipinski definition) is 1. The van der Waals surface area contributed by atoms with Crippen molar-refractivity contribution in [2.45, 2.75) is 50.4 Å². The first kappa shape index (κ1) is 20.6. The molecule has 1 saturated carbocycles. The number of aromatic nitrogens is 4. The van der Waals surface area contributed by atoms with Crippen LogP contribution in [0.15, 0.2) is 60.0 Å². The highest BCUT2D eigenvalue weighted by Gasteiger charge is 2.30. The zero-order chi connectivity index (χ0) is 20.9. The molecule has 6 nitrogen and oxygen atoms in total. The molecule has 1 amide bonds. The molecular weight excluding hydrogens is 394 g/mol. The van der Waals surface area contributed by atoms with Crippen molar-refractivity contribution < 1.29 is 4.79 Å². The fraction of sp³-hybridized carbons (Fsp3) is 0.391. The van der Waals surface area contributed by atoms with Gasteiger partial charge in [-0.1, -0.05) is 55.9 Å². The minimum atomic E-state index is 0.0188. The monoisotopic (exact) mass is 421 g/mol. The van der Waals surface area contributed by atoms with Gasteiger partial charge in [0.2, 0.25) is 5.91 Å². The normalized spacial score (nSPS) is 14.6. The molecule has 1 aromatic carbocycles. The predicted octanol–water partition coefficient (Wildman–Crippen LogP) is 4.67. The average Bonchev–Trinajstić information content (AvgIpc) is 3.51. The highest BCUT2D eigenvalue weighted by atomic mass is 32.2. The fourth-order valence-electron chi connectivity index (χ4n) is 3.54. The lowest BCUT2D eigenvalue weighted by atomic mass is 9.97. The van der Waals surface area contributed by atoms with E-state index >= 15 is 0 Å². The second-order valence-corrected chi connectivity index (χ2v) is 9.03. The van der Waals surface area contributed by atoms with Crippen molar-refractivity contribution in [3.05, 3.63) is 60.4 Å². The molecule has 0 saturated heterocycles. The van der Waals surface area contributed by atoms with E-state index in [0.717, 1.165) is 41.4 Å². The van der Waals surface area contributed by atoms with Gasteiger partial charge in [0.15, 0.2) is 11.0 Å². The molecular formula is C23H27N5OS. The maximum absolute atomic E-state index is 12.8. The molecule has 4 rings (SSSR count). The summed E-state index contributed by atoms with van der Waals surface area (Å²) in [7, 11) is 0. The Bertz CT molecular complexity index is 970. The van der Waals surface area contributed by atoms with Crippen LogP contribution < -0.4 is 5.32 Å². The van der Waals surface area contributed by atoms with Crippen LogP contribution in [0.4, 0.5) is 0 Å². The Morgan fingerprint density at radius 1 is 1.13 bits per heavy atom. The van der Waals surface area contributed by atoms with Crippen LogP contribution in [-0.4, -0.2) is 31.4 Å². The van der Waals surface area contributed by atoms with Crippen LogP contribution in [0.25, 0.3) is 11.4 Å². The Morgan fingerprint density at radius 3 is 2.53 bits per heavy atom. The third-order valence-corrected chi connectivity index (χ3v) is 6.03. The summed E-state index contributed by atoms with van der Waals surface area (Å²) in [5.41, 5.74) is 2.15. The van der Waals surface area contributed by atoms with Crippen molar-refractivity contribution in [2.24, 2.45) is 5.92 Å². The lowest BCUT2D eigenvalue weighted by molar-refractivity contribution is -0.119. The van der Waals surface area contributed by atoms with E-state index in [1.807, 2.05) is 30.3 Å². The molecule has 7 heteroatoms. The van der Waals surface area contributed by atoms with Gasteiger partial charge in [-0.15, -0.1) is 10.2 Å². The second kappa shape index (κ2) is 9.43. The minimum Gasteiger partial charge on any atom is -0.349 e. The number of carbonyl (C=O) groups is 1. The van der Waals surface area contributed by atoms with Crippen molar-refractivity contribution >= 4 is 17.7 Å². The first-order valence-corrected chi connectivity index (χ1v) is 11.4. The standard InChI is InChI=1S/C23H27N5OS/c1-16(2)14-20(17-6-4-3-5-7-17)25-21(29)15-30-23-27-26-22(28(23)19-8-9-19)18-10-12-24-13-11-18/h3-7,10-13,16,19-20H,8-9,14-15H2,1-2H3,(H,25,29)/t20-/m1/s1. The Morgan fingerprint density at radius 2 is 1.87 bits per heavy atom. The molecule has 1 atom stereocenters. The zero-order valence-electron chi connectivity index (χ0n) is 17.4. The predicted molar refractivity (Wildman–Crippen MR) is 119 cm³/mol. The van der Waals surface area contributed by atoms with Gasteiger partial charge in [-0.3, -0.25) is 14.3 Å². The second-order valence-electron chi connectivity index (χ2n) is 8.09. The molecule has 0 unspecified atom stereocenters. The minimum absolute atomic E-state index is 0.0188. The summed E-state index contributed by atoms with van der Waals surface area (Å²) in [6.07, 6.45) is 6.69. The largest absolute Gasteiger partial charge is 0.349 e. The molecule has 2 aromatic heterocycles. The Hall–Kier alpha value is -2.67. The van der Waals surface area contributed by atoms with Crippen molar-refractivity contribution in [1.29, 1.82) is 0 Å². The van der Waals surface area contributed by atoms with Gasteiger partial charge in [-0.2, -0.15) is 0 Å². The molecule has 1 fully saturated rings. The summed E-state index contributed by atoms with van der Waals surface area (Å²) in [4.78, 5) is 16.8. The molecule has 156 valence electrons. The molecule has 0 bridgehead atoms. The third kappa shape index (κ3) is 5.08. The molecule has 3 aromatic rings. The smallest absolute Gasteiger partial charge is 0.230 e. The summed E-state index contributed by atoms with van der Waals surface area (Å²) in [5.74, 6) is 1.68. The van der Waals surface area contributed by atoms with Gasteiger partial charge in [0.25, 0.3) is 0 Å². The SMILES string of the molecule is CC(C)C[C@@H](NC(=O)CSc1nnc(-c2ccncc2)n1C1CC1)c1ccccc1. The van der Waals surface area contributed by atoms with Crippen molar-refractivity contribution in [3.63, 3.8) is 0 Å². The van der Waals surface area contributed by atoms with Crippen LogP contribution in [0.3, 0.4) is 0 Å². The first-order chi connectivity index (χ1) is 14.6. The number of nitrogens with zero attached hydrogens (tertiary/aromatic N) is 4. The van der Waals surface area contributed by atoms with E-state index in [4.69, 9.17) is 0 Å². The van der Waals surface area contributed by atoms with Gasteiger partial charge in [0, 0.05) is 24.0 Å². The molecule has 0 radical (unpaired) electrons. The molecule has 0 aliphatic heterocycles. The van der Waals surface area contributed by atoms with Crippen LogP contribution in [0.1, 0.15) is 50.8 Å². The number of rotatable bonds is 9. The van der Waals surface area contributed by atoms with Crippen LogP contribution in [0.5, 0.6) is 0 Å². The number of hydrogen-bond acceptors (Lipinski definition) is 5. The molecule has 1 N–H and O–H groups in total. The quantitative estimate of drug-likeness (QED) is 0.508. The molecule has 1 aliphatic rings. The number of carbonyl (C=O) groups excluding carboxylic acids is 1. The van der Waals surface area contributed by atoms with Gasteiger partial charge in [0.05, 0.1) is 11.8 Å².